The largest absolute Gasteiger partial charge is 0.358 e. The topological polar surface area (TPSA) is 37.0 Å². The van der Waals surface area contributed by atoms with E-state index in [4.69, 9.17) is 0 Å². The van der Waals surface area contributed by atoms with Gasteiger partial charge >= 0.3 is 0 Å². The molecule has 1 saturated carbocycles. The molecule has 3 nitrogen and oxygen atoms in total. The SMILES string of the molecule is c1csc(NC2CCCCC2C2CCCCN2)n1. The van der Waals surface area contributed by atoms with Crippen LogP contribution < -0.4 is 10.6 Å². The van der Waals surface area contributed by atoms with E-state index in [0.29, 0.717) is 6.04 Å². The van der Waals surface area contributed by atoms with Crippen molar-refractivity contribution < 1.29 is 0 Å². The summed E-state index contributed by atoms with van der Waals surface area (Å²) in [6, 6.07) is 1.36. The second-order valence-corrected chi connectivity index (χ2v) is 6.49. The zero-order valence-corrected chi connectivity index (χ0v) is 11.7. The Morgan fingerprint density at radius 2 is 2.06 bits per heavy atom. The predicted molar refractivity (Wildman–Crippen MR) is 77.1 cm³/mol. The Morgan fingerprint density at radius 1 is 1.17 bits per heavy atom. The van der Waals surface area contributed by atoms with Crippen molar-refractivity contribution in [2.45, 2.75) is 57.0 Å². The first-order valence-electron chi connectivity index (χ1n) is 7.33. The fraction of sp³-hybridized carbons (Fsp3) is 0.786. The van der Waals surface area contributed by atoms with Crippen molar-refractivity contribution in [3.8, 4) is 0 Å². The number of hydrogen-bond acceptors (Lipinski definition) is 4. The van der Waals surface area contributed by atoms with Gasteiger partial charge in [-0.1, -0.05) is 19.3 Å². The quantitative estimate of drug-likeness (QED) is 0.881. The van der Waals surface area contributed by atoms with Crippen LogP contribution in [0.15, 0.2) is 11.6 Å². The minimum absolute atomic E-state index is 0.625. The highest BCUT2D eigenvalue weighted by atomic mass is 32.1. The molecule has 1 aromatic rings. The van der Waals surface area contributed by atoms with Crippen LogP contribution in [-0.2, 0) is 0 Å². The van der Waals surface area contributed by atoms with Crippen LogP contribution >= 0.6 is 11.3 Å². The Hall–Kier alpha value is -0.610. The molecule has 2 aliphatic rings. The molecule has 100 valence electrons. The van der Waals surface area contributed by atoms with Crippen LogP contribution in [0.3, 0.4) is 0 Å². The number of piperidine rings is 1. The molecule has 0 spiro atoms. The van der Waals surface area contributed by atoms with E-state index >= 15 is 0 Å². The van der Waals surface area contributed by atoms with Gasteiger partial charge in [-0.2, -0.15) is 0 Å². The van der Waals surface area contributed by atoms with Crippen molar-refractivity contribution in [3.05, 3.63) is 11.6 Å². The monoisotopic (exact) mass is 265 g/mol. The summed E-state index contributed by atoms with van der Waals surface area (Å²) in [4.78, 5) is 4.38. The molecule has 3 atom stereocenters. The number of rotatable bonds is 3. The van der Waals surface area contributed by atoms with Crippen molar-refractivity contribution in [2.75, 3.05) is 11.9 Å². The molecule has 0 aromatic carbocycles. The van der Waals surface area contributed by atoms with Crippen LogP contribution in [0.2, 0.25) is 0 Å². The van der Waals surface area contributed by atoms with Gasteiger partial charge in [-0.15, -0.1) is 11.3 Å². The molecule has 1 aliphatic heterocycles. The predicted octanol–water partition coefficient (Wildman–Crippen LogP) is 3.26. The van der Waals surface area contributed by atoms with E-state index < -0.39 is 0 Å². The highest BCUT2D eigenvalue weighted by molar-refractivity contribution is 7.13. The van der Waals surface area contributed by atoms with Crippen molar-refractivity contribution in [1.82, 2.24) is 10.3 Å². The summed E-state index contributed by atoms with van der Waals surface area (Å²) in [7, 11) is 0. The Kier molecular flexibility index (Phi) is 4.16. The van der Waals surface area contributed by atoms with E-state index in [1.807, 2.05) is 6.20 Å². The van der Waals surface area contributed by atoms with E-state index in [2.05, 4.69) is 21.0 Å². The van der Waals surface area contributed by atoms with Crippen LogP contribution in [0.5, 0.6) is 0 Å². The zero-order chi connectivity index (χ0) is 12.2. The molecule has 0 radical (unpaired) electrons. The maximum absolute atomic E-state index is 4.38. The molecule has 0 amide bonds. The lowest BCUT2D eigenvalue weighted by Crippen LogP contribution is -2.48. The van der Waals surface area contributed by atoms with Crippen molar-refractivity contribution in [1.29, 1.82) is 0 Å². The van der Waals surface area contributed by atoms with Crippen molar-refractivity contribution in [3.63, 3.8) is 0 Å². The zero-order valence-electron chi connectivity index (χ0n) is 10.9. The lowest BCUT2D eigenvalue weighted by atomic mass is 9.77. The summed E-state index contributed by atoms with van der Waals surface area (Å²) in [6.45, 7) is 1.21. The van der Waals surface area contributed by atoms with Crippen molar-refractivity contribution >= 4 is 16.5 Å². The van der Waals surface area contributed by atoms with Crippen LogP contribution in [0.1, 0.15) is 44.9 Å². The molecule has 18 heavy (non-hydrogen) atoms. The summed E-state index contributed by atoms with van der Waals surface area (Å²) in [5.74, 6) is 0.794. The Morgan fingerprint density at radius 3 is 2.83 bits per heavy atom. The number of nitrogens with one attached hydrogen (secondary N) is 2. The Balaban J connectivity index is 1.65. The number of thiazole rings is 1. The fourth-order valence-electron chi connectivity index (χ4n) is 3.52. The summed E-state index contributed by atoms with van der Waals surface area (Å²) >= 11 is 1.72. The minimum Gasteiger partial charge on any atom is -0.358 e. The van der Waals surface area contributed by atoms with Crippen LogP contribution in [0, 0.1) is 5.92 Å². The third-order valence-electron chi connectivity index (χ3n) is 4.43. The van der Waals surface area contributed by atoms with Crippen molar-refractivity contribution in [2.24, 2.45) is 5.92 Å². The Bertz CT molecular complexity index is 346. The Labute approximate surface area is 113 Å². The number of aromatic nitrogens is 1. The standard InChI is InChI=1S/C14H23N3S/c1-2-7-13(17-14-16-9-10-18-14)11(5-1)12-6-3-4-8-15-12/h9-13,15H,1-8H2,(H,16,17). The van der Waals surface area contributed by atoms with E-state index in [0.717, 1.165) is 17.1 Å². The normalized spacial score (nSPS) is 33.2. The van der Waals surface area contributed by atoms with Gasteiger partial charge in [0, 0.05) is 23.7 Å². The van der Waals surface area contributed by atoms with E-state index in [9.17, 15) is 0 Å². The third kappa shape index (κ3) is 2.86. The second kappa shape index (κ2) is 6.02. The second-order valence-electron chi connectivity index (χ2n) is 5.59. The first kappa shape index (κ1) is 12.4. The van der Waals surface area contributed by atoms with Crippen LogP contribution in [-0.4, -0.2) is 23.6 Å². The minimum atomic E-state index is 0.625. The molecule has 1 aromatic heterocycles. The molecule has 2 N–H and O–H groups in total. The molecule has 3 unspecified atom stereocenters. The molecule has 0 bridgehead atoms. The first-order chi connectivity index (χ1) is 8.93. The molecule has 1 saturated heterocycles. The average molecular weight is 265 g/mol. The highest BCUT2D eigenvalue weighted by Gasteiger charge is 2.32. The average Bonchev–Trinajstić information content (AvgIpc) is 2.93. The van der Waals surface area contributed by atoms with Gasteiger partial charge in [0.2, 0.25) is 0 Å². The lowest BCUT2D eigenvalue weighted by molar-refractivity contribution is 0.217. The first-order valence-corrected chi connectivity index (χ1v) is 8.21. The maximum Gasteiger partial charge on any atom is 0.182 e. The molecule has 3 rings (SSSR count). The molecule has 1 aliphatic carbocycles. The molecule has 4 heteroatoms. The summed E-state index contributed by atoms with van der Waals surface area (Å²) in [5, 5.41) is 10.6. The molecular weight excluding hydrogens is 242 g/mol. The smallest absolute Gasteiger partial charge is 0.182 e. The van der Waals surface area contributed by atoms with Gasteiger partial charge in [0.25, 0.3) is 0 Å². The number of nitrogens with zero attached hydrogens (tertiary/aromatic N) is 1. The van der Waals surface area contributed by atoms with Gasteiger partial charge in [-0.3, -0.25) is 0 Å². The summed E-state index contributed by atoms with van der Waals surface area (Å²) < 4.78 is 0. The third-order valence-corrected chi connectivity index (χ3v) is 5.13. The van der Waals surface area contributed by atoms with Gasteiger partial charge < -0.3 is 10.6 Å². The maximum atomic E-state index is 4.38. The van der Waals surface area contributed by atoms with Gasteiger partial charge in [0.1, 0.15) is 0 Å². The molecular formula is C14H23N3S. The lowest BCUT2D eigenvalue weighted by Gasteiger charge is -2.39. The van der Waals surface area contributed by atoms with Gasteiger partial charge in [-0.05, 0) is 38.1 Å². The van der Waals surface area contributed by atoms with E-state index in [1.54, 1.807) is 11.3 Å². The fourth-order valence-corrected chi connectivity index (χ4v) is 4.11. The number of anilines is 1. The summed E-state index contributed by atoms with van der Waals surface area (Å²) in [6.07, 6.45) is 11.5. The van der Waals surface area contributed by atoms with Crippen LogP contribution in [0.4, 0.5) is 5.13 Å². The van der Waals surface area contributed by atoms with Gasteiger partial charge in [-0.25, -0.2) is 4.98 Å². The molecule has 2 fully saturated rings. The van der Waals surface area contributed by atoms with Gasteiger partial charge in [0.15, 0.2) is 5.13 Å². The van der Waals surface area contributed by atoms with E-state index in [-0.39, 0.29) is 0 Å². The highest BCUT2D eigenvalue weighted by Crippen LogP contribution is 2.32. The van der Waals surface area contributed by atoms with Gasteiger partial charge in [0.05, 0.1) is 0 Å². The van der Waals surface area contributed by atoms with E-state index in [1.165, 1.54) is 51.5 Å². The number of hydrogen-bond donors (Lipinski definition) is 2. The van der Waals surface area contributed by atoms with Crippen LogP contribution in [0.25, 0.3) is 0 Å². The molecule has 2 heterocycles. The summed E-state index contributed by atoms with van der Waals surface area (Å²) in [5.41, 5.74) is 0.